The Bertz CT molecular complexity index is 711. The van der Waals surface area contributed by atoms with Crippen molar-refractivity contribution in [2.24, 2.45) is 27.9 Å². The van der Waals surface area contributed by atoms with Crippen LogP contribution in [0.25, 0.3) is 0 Å². The fourth-order valence-electron chi connectivity index (χ4n) is 4.06. The first-order valence-corrected chi connectivity index (χ1v) is 16.6. The number of hydrogen-bond acceptors (Lipinski definition) is 6. The van der Waals surface area contributed by atoms with E-state index in [1.165, 1.54) is 0 Å². The SMILES string of the molecule is CC(C)(C)S(=O)N=CC1CCOCC1.CC(N)C1CCOCC1.CC(NS(=O)C(C)(C)C)C1CCOCC1.Cl. The van der Waals surface area contributed by atoms with Gasteiger partial charge in [-0.05, 0) is 112 Å². The predicted octanol–water partition coefficient (Wildman–Crippen LogP) is 4.98. The summed E-state index contributed by atoms with van der Waals surface area (Å²) >= 11 is 0. The van der Waals surface area contributed by atoms with Crippen LogP contribution < -0.4 is 10.5 Å². The number of halogens is 1. The summed E-state index contributed by atoms with van der Waals surface area (Å²) in [6, 6.07) is 0.669. The normalized spacial score (nSPS) is 23.3. The minimum Gasteiger partial charge on any atom is -0.381 e. The van der Waals surface area contributed by atoms with Gasteiger partial charge in [-0.2, -0.15) is 4.40 Å². The van der Waals surface area contributed by atoms with Crippen LogP contribution in [-0.2, 0) is 36.2 Å². The highest BCUT2D eigenvalue weighted by Gasteiger charge is 2.26. The number of nitrogens with one attached hydrogen (secondary N) is 1. The van der Waals surface area contributed by atoms with Crippen LogP contribution in [0.5, 0.6) is 0 Å². The topological polar surface area (TPSA) is 112 Å². The number of nitrogens with zero attached hydrogens (tertiary/aromatic N) is 1. The van der Waals surface area contributed by atoms with Gasteiger partial charge in [0.15, 0.2) is 0 Å². The molecule has 0 aromatic rings. The quantitative estimate of drug-likeness (QED) is 0.408. The van der Waals surface area contributed by atoms with Crippen LogP contribution in [0.2, 0.25) is 0 Å². The van der Waals surface area contributed by atoms with E-state index in [1.807, 2.05) is 47.8 Å². The number of rotatable bonds is 6. The van der Waals surface area contributed by atoms with E-state index in [0.29, 0.717) is 29.8 Å². The maximum absolute atomic E-state index is 11.9. The van der Waals surface area contributed by atoms with Gasteiger partial charge in [-0.15, -0.1) is 12.4 Å². The molecule has 0 aromatic carbocycles. The van der Waals surface area contributed by atoms with Crippen molar-refractivity contribution in [2.75, 3.05) is 39.6 Å². The fourth-order valence-corrected chi connectivity index (χ4v) is 5.55. The molecule has 11 heteroatoms. The highest BCUT2D eigenvalue weighted by atomic mass is 35.5. The van der Waals surface area contributed by atoms with Crippen LogP contribution in [0.3, 0.4) is 0 Å². The average Bonchev–Trinajstić information content (AvgIpc) is 2.88. The van der Waals surface area contributed by atoms with E-state index < -0.39 is 22.0 Å². The van der Waals surface area contributed by atoms with E-state index >= 15 is 0 Å². The van der Waals surface area contributed by atoms with Gasteiger partial charge < -0.3 is 19.9 Å². The lowest BCUT2D eigenvalue weighted by molar-refractivity contribution is 0.0587. The van der Waals surface area contributed by atoms with Gasteiger partial charge in [-0.1, -0.05) is 0 Å². The van der Waals surface area contributed by atoms with Gasteiger partial charge in [0, 0.05) is 57.9 Å². The first kappa shape index (κ1) is 39.1. The molecule has 234 valence electrons. The second-order valence-electron chi connectivity index (χ2n) is 12.6. The largest absolute Gasteiger partial charge is 0.381 e. The van der Waals surface area contributed by atoms with Crippen LogP contribution in [0.15, 0.2) is 4.40 Å². The lowest BCUT2D eigenvalue weighted by Gasteiger charge is -2.30. The summed E-state index contributed by atoms with van der Waals surface area (Å²) in [5.74, 6) is 1.76. The summed E-state index contributed by atoms with van der Waals surface area (Å²) in [7, 11) is -2.07. The molecule has 3 aliphatic rings. The van der Waals surface area contributed by atoms with Gasteiger partial charge in [0.05, 0.1) is 20.5 Å². The van der Waals surface area contributed by atoms with Gasteiger partial charge >= 0.3 is 0 Å². The molecule has 3 heterocycles. The number of ether oxygens (including phenoxy) is 3. The third-order valence-electron chi connectivity index (χ3n) is 6.99. The predicted molar refractivity (Wildman–Crippen MR) is 168 cm³/mol. The first-order chi connectivity index (χ1) is 17.7. The molecule has 3 fully saturated rings. The molecule has 8 nitrogen and oxygen atoms in total. The van der Waals surface area contributed by atoms with Gasteiger partial charge in [-0.25, -0.2) is 13.1 Å². The highest BCUT2D eigenvalue weighted by Crippen LogP contribution is 2.20. The lowest BCUT2D eigenvalue weighted by Crippen LogP contribution is -2.43. The molecule has 4 unspecified atom stereocenters. The highest BCUT2D eigenvalue weighted by molar-refractivity contribution is 7.85. The molecule has 0 spiro atoms. The van der Waals surface area contributed by atoms with Gasteiger partial charge in [0.1, 0.15) is 11.0 Å². The monoisotopic (exact) mass is 615 g/mol. The Hall–Kier alpha value is 0.0600. The van der Waals surface area contributed by atoms with E-state index in [4.69, 9.17) is 19.9 Å². The first-order valence-electron chi connectivity index (χ1n) is 14.3. The molecule has 3 saturated heterocycles. The lowest BCUT2D eigenvalue weighted by atomic mass is 9.94. The zero-order valence-electron chi connectivity index (χ0n) is 25.7. The fraction of sp³-hybridized carbons (Fsp3) is 0.964. The Kier molecular flexibility index (Phi) is 20.1. The Morgan fingerprint density at radius 2 is 1.18 bits per heavy atom. The maximum Gasteiger partial charge on any atom is 0.144 e. The molecule has 0 saturated carbocycles. The Morgan fingerprint density at radius 3 is 1.54 bits per heavy atom. The third-order valence-corrected chi connectivity index (χ3v) is 10.0. The van der Waals surface area contributed by atoms with E-state index in [0.717, 1.165) is 78.2 Å². The molecule has 0 aromatic heterocycles. The van der Waals surface area contributed by atoms with Crippen molar-refractivity contribution < 1.29 is 22.6 Å². The van der Waals surface area contributed by atoms with Crippen molar-refractivity contribution in [1.82, 2.24) is 4.72 Å². The molecule has 4 atom stereocenters. The zero-order valence-corrected chi connectivity index (χ0v) is 28.2. The van der Waals surface area contributed by atoms with Crippen LogP contribution in [0, 0.1) is 17.8 Å². The summed E-state index contributed by atoms with van der Waals surface area (Å²) in [6.45, 7) is 21.1. The van der Waals surface area contributed by atoms with Crippen molar-refractivity contribution in [1.29, 1.82) is 0 Å². The van der Waals surface area contributed by atoms with Crippen LogP contribution >= 0.6 is 12.4 Å². The van der Waals surface area contributed by atoms with E-state index in [1.54, 1.807) is 0 Å². The minimum atomic E-state index is -1.11. The van der Waals surface area contributed by atoms with Crippen molar-refractivity contribution in [3.8, 4) is 0 Å². The molecular weight excluding hydrogens is 558 g/mol. The Balaban J connectivity index is 0.000000564. The molecule has 0 aliphatic carbocycles. The molecular formula is C28H58ClN3O5S2. The van der Waals surface area contributed by atoms with Crippen LogP contribution in [0.1, 0.15) is 93.9 Å². The molecule has 39 heavy (non-hydrogen) atoms. The molecule has 0 radical (unpaired) electrons. The standard InChI is InChI=1S/C11H23NO2S.C10H19NO2S.C7H15NO.ClH/c1-9(10-5-7-14-8-6-10)12-15(13)11(2,3)4;1-10(2,3)14(12)11-8-9-4-6-13-7-5-9;1-6(8)7-2-4-9-5-3-7;/h9-10,12H,5-8H2,1-4H3;8-9H,4-7H2,1-3H3;6-7H,2-5,8H2,1H3;1H. The van der Waals surface area contributed by atoms with Gasteiger partial charge in [0.25, 0.3) is 0 Å². The average molecular weight is 616 g/mol. The Morgan fingerprint density at radius 1 is 0.769 bits per heavy atom. The van der Waals surface area contributed by atoms with Crippen molar-refractivity contribution in [3.05, 3.63) is 0 Å². The van der Waals surface area contributed by atoms with E-state index in [2.05, 4.69) is 23.0 Å². The number of nitrogens with two attached hydrogens (primary N) is 1. The second-order valence-corrected chi connectivity index (χ2v) is 16.5. The summed E-state index contributed by atoms with van der Waals surface area (Å²) in [5.41, 5.74) is 5.71. The number of hydrogen-bond donors (Lipinski definition) is 2. The summed E-state index contributed by atoms with van der Waals surface area (Å²) in [6.07, 6.45) is 8.32. The smallest absolute Gasteiger partial charge is 0.144 e. The summed E-state index contributed by atoms with van der Waals surface area (Å²) in [5, 5.41) is 0. The molecule has 3 rings (SSSR count). The molecule has 0 amide bonds. The van der Waals surface area contributed by atoms with E-state index in [9.17, 15) is 8.42 Å². The summed E-state index contributed by atoms with van der Waals surface area (Å²) < 4.78 is 46.1. The van der Waals surface area contributed by atoms with Gasteiger partial charge in [0.2, 0.25) is 0 Å². The minimum absolute atomic E-state index is 0. The maximum atomic E-state index is 11.9. The van der Waals surface area contributed by atoms with Crippen LogP contribution in [-0.4, -0.2) is 75.9 Å². The van der Waals surface area contributed by atoms with Crippen LogP contribution in [0.4, 0.5) is 0 Å². The van der Waals surface area contributed by atoms with Crippen molar-refractivity contribution in [2.45, 2.75) is 115 Å². The third kappa shape index (κ3) is 17.6. The van der Waals surface area contributed by atoms with Gasteiger partial charge in [-0.3, -0.25) is 0 Å². The van der Waals surface area contributed by atoms with Crippen molar-refractivity contribution in [3.63, 3.8) is 0 Å². The van der Waals surface area contributed by atoms with Crippen molar-refractivity contribution >= 4 is 40.6 Å². The Labute approximate surface area is 250 Å². The summed E-state index contributed by atoms with van der Waals surface area (Å²) in [4.78, 5) is 0. The molecule has 0 bridgehead atoms. The van der Waals surface area contributed by atoms with E-state index in [-0.39, 0.29) is 21.9 Å². The second kappa shape index (κ2) is 20.1. The molecule has 3 N–H and O–H groups in total. The molecule has 3 aliphatic heterocycles. The zero-order chi connectivity index (χ0) is 28.8.